The average molecular weight is 198 g/mol. The van der Waals surface area contributed by atoms with Crippen molar-refractivity contribution in [3.8, 4) is 0 Å². The van der Waals surface area contributed by atoms with Crippen LogP contribution in [0.2, 0.25) is 0 Å². The molecule has 0 radical (unpaired) electrons. The van der Waals surface area contributed by atoms with E-state index in [-0.39, 0.29) is 5.97 Å². The minimum atomic E-state index is -0.307. The van der Waals surface area contributed by atoms with E-state index in [9.17, 15) is 4.79 Å². The molecule has 0 unspecified atom stereocenters. The van der Waals surface area contributed by atoms with Crippen molar-refractivity contribution >= 4 is 11.7 Å². The van der Waals surface area contributed by atoms with Gasteiger partial charge in [-0.3, -0.25) is 5.01 Å². The van der Waals surface area contributed by atoms with E-state index < -0.39 is 0 Å². The third-order valence-electron chi connectivity index (χ3n) is 2.19. The van der Waals surface area contributed by atoms with Gasteiger partial charge in [-0.15, -0.1) is 0 Å². The van der Waals surface area contributed by atoms with Gasteiger partial charge in [0.05, 0.1) is 6.61 Å². The zero-order chi connectivity index (χ0) is 10.4. The first-order valence-electron chi connectivity index (χ1n) is 5.21. The molecular weight excluding hydrogens is 180 g/mol. The third-order valence-corrected chi connectivity index (χ3v) is 2.19. The molecular formula is C10H18N2O2. The number of rotatable bonds is 3. The van der Waals surface area contributed by atoms with Crippen molar-refractivity contribution in [3.05, 3.63) is 0 Å². The molecule has 0 atom stereocenters. The number of hydrogen-bond acceptors (Lipinski definition) is 4. The Hall–Kier alpha value is -1.06. The lowest BCUT2D eigenvalue weighted by Gasteiger charge is -2.23. The minimum Gasteiger partial charge on any atom is -0.461 e. The summed E-state index contributed by atoms with van der Waals surface area (Å²) in [7, 11) is 0. The number of carbonyl (C=O) groups is 1. The molecule has 1 fully saturated rings. The fraction of sp³-hybridized carbons (Fsp3) is 0.800. The summed E-state index contributed by atoms with van der Waals surface area (Å²) in [5, 5.41) is 6.18. The quantitative estimate of drug-likeness (QED) is 0.508. The number of esters is 1. The predicted octanol–water partition coefficient (Wildman–Crippen LogP) is 1.41. The van der Waals surface area contributed by atoms with Crippen LogP contribution >= 0.6 is 0 Å². The van der Waals surface area contributed by atoms with Gasteiger partial charge >= 0.3 is 5.97 Å². The summed E-state index contributed by atoms with van der Waals surface area (Å²) in [6.07, 6.45) is 3.60. The lowest BCUT2D eigenvalue weighted by Crippen LogP contribution is -2.27. The second kappa shape index (κ2) is 5.62. The van der Waals surface area contributed by atoms with E-state index in [2.05, 4.69) is 5.10 Å². The number of nitrogens with zero attached hydrogens (tertiary/aromatic N) is 2. The summed E-state index contributed by atoms with van der Waals surface area (Å²) in [6, 6.07) is 0. The van der Waals surface area contributed by atoms with Crippen LogP contribution in [0, 0.1) is 0 Å². The maximum atomic E-state index is 11.2. The number of hydrogen-bond donors (Lipinski definition) is 0. The van der Waals surface area contributed by atoms with Gasteiger partial charge in [0.1, 0.15) is 5.71 Å². The Morgan fingerprint density at radius 2 is 2.00 bits per heavy atom. The Balaban J connectivity index is 2.44. The van der Waals surface area contributed by atoms with E-state index >= 15 is 0 Å². The van der Waals surface area contributed by atoms with Crippen molar-refractivity contribution in [2.75, 3.05) is 19.7 Å². The normalized spacial score (nSPS) is 18.1. The van der Waals surface area contributed by atoms with Crippen LogP contribution in [0.25, 0.3) is 0 Å². The Kier molecular flexibility index (Phi) is 4.43. The molecule has 1 saturated heterocycles. The molecule has 4 nitrogen and oxygen atoms in total. The van der Waals surface area contributed by atoms with E-state index in [0.29, 0.717) is 12.3 Å². The summed E-state index contributed by atoms with van der Waals surface area (Å²) in [4.78, 5) is 11.2. The van der Waals surface area contributed by atoms with Gasteiger partial charge in [0.15, 0.2) is 0 Å². The molecule has 1 aliphatic rings. The molecule has 4 heteroatoms. The van der Waals surface area contributed by atoms with Crippen LogP contribution in [0.5, 0.6) is 0 Å². The van der Waals surface area contributed by atoms with Crippen molar-refractivity contribution in [2.45, 2.75) is 33.1 Å². The average Bonchev–Trinajstić information content (AvgIpc) is 2.19. The highest BCUT2D eigenvalue weighted by Gasteiger charge is 2.11. The van der Waals surface area contributed by atoms with Gasteiger partial charge in [0, 0.05) is 13.1 Å². The molecule has 0 aromatic carbocycles. The van der Waals surface area contributed by atoms with Gasteiger partial charge in [0.25, 0.3) is 0 Å². The van der Waals surface area contributed by atoms with Crippen molar-refractivity contribution in [2.24, 2.45) is 5.10 Å². The molecule has 0 spiro atoms. The zero-order valence-electron chi connectivity index (χ0n) is 8.95. The standard InChI is InChI=1S/C10H18N2O2/c1-3-14-10(13)9(2)11-12-7-5-4-6-8-12/h3-8H2,1-2H3/b11-9+. The van der Waals surface area contributed by atoms with Crippen molar-refractivity contribution in [1.82, 2.24) is 5.01 Å². The van der Waals surface area contributed by atoms with Crippen LogP contribution in [-0.2, 0) is 9.53 Å². The van der Waals surface area contributed by atoms with Gasteiger partial charge in [-0.05, 0) is 33.1 Å². The molecule has 1 aliphatic heterocycles. The first-order chi connectivity index (χ1) is 6.74. The van der Waals surface area contributed by atoms with Crippen molar-refractivity contribution in [1.29, 1.82) is 0 Å². The molecule has 1 rings (SSSR count). The highest BCUT2D eigenvalue weighted by Crippen LogP contribution is 2.08. The lowest BCUT2D eigenvalue weighted by molar-refractivity contribution is -0.135. The Bertz CT molecular complexity index is 220. The van der Waals surface area contributed by atoms with E-state index in [1.807, 2.05) is 5.01 Å². The molecule has 14 heavy (non-hydrogen) atoms. The molecule has 0 aliphatic carbocycles. The van der Waals surface area contributed by atoms with Crippen LogP contribution in [-0.4, -0.2) is 36.4 Å². The van der Waals surface area contributed by atoms with Crippen LogP contribution in [0.4, 0.5) is 0 Å². The first kappa shape index (κ1) is 11.0. The maximum absolute atomic E-state index is 11.2. The smallest absolute Gasteiger partial charge is 0.354 e. The van der Waals surface area contributed by atoms with E-state index in [4.69, 9.17) is 4.74 Å². The monoisotopic (exact) mass is 198 g/mol. The van der Waals surface area contributed by atoms with Gasteiger partial charge in [-0.1, -0.05) is 0 Å². The highest BCUT2D eigenvalue weighted by molar-refractivity contribution is 6.35. The topological polar surface area (TPSA) is 41.9 Å². The Labute approximate surface area is 84.9 Å². The minimum absolute atomic E-state index is 0.307. The third kappa shape index (κ3) is 3.36. The maximum Gasteiger partial charge on any atom is 0.354 e. The molecule has 0 bridgehead atoms. The molecule has 0 N–H and O–H groups in total. The second-order valence-electron chi connectivity index (χ2n) is 3.42. The fourth-order valence-electron chi connectivity index (χ4n) is 1.47. The second-order valence-corrected chi connectivity index (χ2v) is 3.42. The summed E-state index contributed by atoms with van der Waals surface area (Å²) in [5.74, 6) is -0.307. The molecule has 0 amide bonds. The fourth-order valence-corrected chi connectivity index (χ4v) is 1.47. The number of piperidine rings is 1. The van der Waals surface area contributed by atoms with E-state index in [0.717, 1.165) is 13.1 Å². The van der Waals surface area contributed by atoms with Crippen molar-refractivity contribution < 1.29 is 9.53 Å². The number of carbonyl (C=O) groups excluding carboxylic acids is 1. The number of ether oxygens (including phenoxy) is 1. The summed E-state index contributed by atoms with van der Waals surface area (Å²) >= 11 is 0. The summed E-state index contributed by atoms with van der Waals surface area (Å²) in [6.45, 7) is 5.82. The molecule has 0 aromatic heterocycles. The SMILES string of the molecule is CCOC(=O)/C(C)=N/N1CCCCC1. The van der Waals surface area contributed by atoms with Crippen LogP contribution in [0.1, 0.15) is 33.1 Å². The van der Waals surface area contributed by atoms with Crippen LogP contribution in [0.15, 0.2) is 5.10 Å². The zero-order valence-corrected chi connectivity index (χ0v) is 8.95. The molecule has 0 aromatic rings. The summed E-state index contributed by atoms with van der Waals surface area (Å²) < 4.78 is 4.85. The lowest BCUT2D eigenvalue weighted by atomic mass is 10.2. The molecule has 80 valence electrons. The van der Waals surface area contributed by atoms with E-state index in [1.54, 1.807) is 13.8 Å². The van der Waals surface area contributed by atoms with Gasteiger partial charge in [0.2, 0.25) is 0 Å². The van der Waals surface area contributed by atoms with Gasteiger partial charge in [-0.2, -0.15) is 5.10 Å². The molecule has 0 saturated carbocycles. The van der Waals surface area contributed by atoms with Gasteiger partial charge in [-0.25, -0.2) is 4.79 Å². The predicted molar refractivity (Wildman–Crippen MR) is 55.2 cm³/mol. The first-order valence-corrected chi connectivity index (χ1v) is 5.21. The van der Waals surface area contributed by atoms with Crippen LogP contribution in [0.3, 0.4) is 0 Å². The van der Waals surface area contributed by atoms with E-state index in [1.165, 1.54) is 19.3 Å². The highest BCUT2D eigenvalue weighted by atomic mass is 16.5. The molecule has 1 heterocycles. The largest absolute Gasteiger partial charge is 0.461 e. The van der Waals surface area contributed by atoms with Crippen LogP contribution < -0.4 is 0 Å². The van der Waals surface area contributed by atoms with Crippen molar-refractivity contribution in [3.63, 3.8) is 0 Å². The van der Waals surface area contributed by atoms with Gasteiger partial charge < -0.3 is 4.74 Å². The Morgan fingerprint density at radius 3 is 2.57 bits per heavy atom. The number of hydrazone groups is 1. The Morgan fingerprint density at radius 1 is 1.36 bits per heavy atom. The summed E-state index contributed by atoms with van der Waals surface area (Å²) in [5.41, 5.74) is 0.453.